The number of Topliss-reactive ketones (excluding diaryl/α,β-unsaturated/α-hetero) is 1. The van der Waals surface area contributed by atoms with E-state index in [0.717, 1.165) is 26.9 Å². The topological polar surface area (TPSA) is 73.4 Å². The smallest absolute Gasteiger partial charge is 0.300 e. The first kappa shape index (κ1) is 19.3. The van der Waals surface area contributed by atoms with Gasteiger partial charge in [-0.15, -0.1) is 11.3 Å². The van der Waals surface area contributed by atoms with E-state index >= 15 is 0 Å². The lowest BCUT2D eigenvalue weighted by Gasteiger charge is -2.25. The van der Waals surface area contributed by atoms with Crippen LogP contribution in [0.2, 0.25) is 0 Å². The molecule has 4 aromatic rings. The molecule has 2 aromatic heterocycles. The van der Waals surface area contributed by atoms with Crippen molar-refractivity contribution in [3.8, 4) is 0 Å². The molecular weight excluding hydrogens is 408 g/mol. The highest BCUT2D eigenvalue weighted by molar-refractivity contribution is 7.10. The lowest BCUT2D eigenvalue weighted by molar-refractivity contribution is -0.132. The normalized spacial score (nSPS) is 18.3. The Labute approximate surface area is 183 Å². The molecule has 1 fully saturated rings. The van der Waals surface area contributed by atoms with Crippen molar-refractivity contribution in [2.75, 3.05) is 4.90 Å². The fourth-order valence-electron chi connectivity index (χ4n) is 4.20. The van der Waals surface area contributed by atoms with Gasteiger partial charge in [-0.25, -0.2) is 0 Å². The van der Waals surface area contributed by atoms with Crippen molar-refractivity contribution >= 4 is 45.4 Å². The lowest BCUT2D eigenvalue weighted by Crippen LogP contribution is -2.29. The van der Waals surface area contributed by atoms with Gasteiger partial charge in [0.05, 0.1) is 5.57 Å². The van der Waals surface area contributed by atoms with Gasteiger partial charge in [-0.2, -0.15) is 0 Å². The summed E-state index contributed by atoms with van der Waals surface area (Å²) in [6.07, 6.45) is 1.68. The van der Waals surface area contributed by atoms with Crippen LogP contribution in [0.4, 0.5) is 5.69 Å². The summed E-state index contributed by atoms with van der Waals surface area (Å²) in [6.45, 7) is 3.89. The van der Waals surface area contributed by atoms with Gasteiger partial charge in [-0.1, -0.05) is 30.3 Å². The Bertz CT molecular complexity index is 1380. The van der Waals surface area contributed by atoms with Gasteiger partial charge in [0.2, 0.25) is 0 Å². The van der Waals surface area contributed by atoms with Crippen molar-refractivity contribution in [2.45, 2.75) is 19.9 Å². The van der Waals surface area contributed by atoms with Crippen LogP contribution in [0.3, 0.4) is 0 Å². The van der Waals surface area contributed by atoms with E-state index in [9.17, 15) is 14.7 Å². The number of carbonyl (C=O) groups excluding carboxylic acids is 2. The van der Waals surface area contributed by atoms with Crippen LogP contribution in [0.15, 0.2) is 71.7 Å². The number of aliphatic hydroxyl groups excluding tert-OH is 1. The minimum atomic E-state index is -0.685. The van der Waals surface area contributed by atoms with Crippen LogP contribution in [0, 0.1) is 13.8 Å². The number of benzene rings is 2. The predicted octanol–water partition coefficient (Wildman–Crippen LogP) is 5.47. The molecule has 2 aromatic carbocycles. The molecule has 0 saturated carbocycles. The number of hydrogen-bond acceptors (Lipinski definition) is 4. The number of H-pyrrole nitrogens is 1. The van der Waals surface area contributed by atoms with Gasteiger partial charge in [0.25, 0.3) is 11.7 Å². The van der Waals surface area contributed by atoms with Crippen LogP contribution in [0.5, 0.6) is 0 Å². The Kier molecular flexibility index (Phi) is 4.52. The minimum Gasteiger partial charge on any atom is -0.507 e. The quantitative estimate of drug-likeness (QED) is 0.258. The highest BCUT2D eigenvalue weighted by Crippen LogP contribution is 2.45. The standard InChI is InChI=1S/C25H20N2O3S/c1-14-6-5-7-16(12-14)27-21(24-15(2)10-11-31-24)20(23(29)25(27)30)22(28)18-13-26-19-9-4-3-8-17(18)19/h3-13,21,26,28H,1-2H3/b22-20+. The molecule has 0 bridgehead atoms. The number of amides is 1. The maximum absolute atomic E-state index is 13.2. The second-order valence-corrected chi connectivity index (χ2v) is 8.67. The molecule has 5 rings (SSSR count). The van der Waals surface area contributed by atoms with Crippen LogP contribution in [0.25, 0.3) is 16.7 Å². The monoisotopic (exact) mass is 428 g/mol. The SMILES string of the molecule is Cc1cccc(N2C(=O)C(=O)/C(=C(/O)c3c[nH]c4ccccc34)C2c2sccc2C)c1. The summed E-state index contributed by atoms with van der Waals surface area (Å²) in [5, 5.41) is 14.1. The number of hydrogen-bond donors (Lipinski definition) is 2. The van der Waals surface area contributed by atoms with E-state index < -0.39 is 17.7 Å². The van der Waals surface area contributed by atoms with E-state index in [2.05, 4.69) is 4.98 Å². The molecule has 1 aliphatic heterocycles. The number of carbonyl (C=O) groups is 2. The average molecular weight is 429 g/mol. The maximum atomic E-state index is 13.2. The third-order valence-electron chi connectivity index (χ3n) is 5.72. The Morgan fingerprint density at radius 2 is 1.87 bits per heavy atom. The summed E-state index contributed by atoms with van der Waals surface area (Å²) >= 11 is 1.48. The molecule has 1 atom stereocenters. The summed E-state index contributed by atoms with van der Waals surface area (Å²) in [6, 6.07) is 16.3. The Balaban J connectivity index is 1.77. The molecule has 3 heterocycles. The van der Waals surface area contributed by atoms with Crippen LogP contribution in [-0.4, -0.2) is 21.8 Å². The lowest BCUT2D eigenvalue weighted by atomic mass is 9.98. The maximum Gasteiger partial charge on any atom is 0.300 e. The third kappa shape index (κ3) is 2.99. The zero-order valence-corrected chi connectivity index (χ0v) is 17.9. The predicted molar refractivity (Wildman–Crippen MR) is 123 cm³/mol. The second-order valence-electron chi connectivity index (χ2n) is 7.72. The first-order valence-corrected chi connectivity index (χ1v) is 10.8. The van der Waals surface area contributed by atoms with Crippen LogP contribution >= 0.6 is 11.3 Å². The average Bonchev–Trinajstić information content (AvgIpc) is 3.44. The largest absolute Gasteiger partial charge is 0.507 e. The zero-order valence-electron chi connectivity index (χ0n) is 17.0. The van der Waals surface area contributed by atoms with Gasteiger partial charge in [0.15, 0.2) is 0 Å². The molecule has 2 N–H and O–H groups in total. The number of aliphatic hydroxyl groups is 1. The van der Waals surface area contributed by atoms with E-state index in [0.29, 0.717) is 11.3 Å². The van der Waals surface area contributed by atoms with Gasteiger partial charge in [-0.3, -0.25) is 14.5 Å². The van der Waals surface area contributed by atoms with Gasteiger partial charge in [0, 0.05) is 33.2 Å². The fraction of sp³-hybridized carbons (Fsp3) is 0.120. The summed E-state index contributed by atoms with van der Waals surface area (Å²) < 4.78 is 0. The van der Waals surface area contributed by atoms with E-state index in [-0.39, 0.29) is 11.3 Å². The van der Waals surface area contributed by atoms with E-state index in [1.165, 1.54) is 16.2 Å². The molecule has 1 saturated heterocycles. The van der Waals surface area contributed by atoms with Crippen molar-refractivity contribution in [3.05, 3.63) is 93.3 Å². The van der Waals surface area contributed by atoms with E-state index in [4.69, 9.17) is 0 Å². The number of nitrogens with one attached hydrogen (secondary N) is 1. The molecule has 6 heteroatoms. The molecule has 154 valence electrons. The van der Waals surface area contributed by atoms with Gasteiger partial charge >= 0.3 is 0 Å². The van der Waals surface area contributed by atoms with Crippen molar-refractivity contribution < 1.29 is 14.7 Å². The molecule has 5 nitrogen and oxygen atoms in total. The van der Waals surface area contributed by atoms with Crippen molar-refractivity contribution in [1.82, 2.24) is 4.98 Å². The van der Waals surface area contributed by atoms with Gasteiger partial charge in [-0.05, 0) is 54.6 Å². The molecule has 0 spiro atoms. The van der Waals surface area contributed by atoms with E-state index in [1.807, 2.05) is 73.8 Å². The molecule has 1 amide bonds. The van der Waals surface area contributed by atoms with Crippen LogP contribution < -0.4 is 4.90 Å². The van der Waals surface area contributed by atoms with E-state index in [1.54, 1.807) is 6.20 Å². The van der Waals surface area contributed by atoms with Crippen LogP contribution in [-0.2, 0) is 9.59 Å². The van der Waals surface area contributed by atoms with Gasteiger partial charge in [0.1, 0.15) is 11.8 Å². The number of aromatic amines is 1. The molecular formula is C25H20N2O3S. The zero-order chi connectivity index (χ0) is 21.7. The number of rotatable bonds is 3. The highest BCUT2D eigenvalue weighted by Gasteiger charge is 2.48. The number of para-hydroxylation sites is 1. The Morgan fingerprint density at radius 3 is 2.61 bits per heavy atom. The molecule has 0 radical (unpaired) electrons. The highest BCUT2D eigenvalue weighted by atomic mass is 32.1. The van der Waals surface area contributed by atoms with Crippen molar-refractivity contribution in [3.63, 3.8) is 0 Å². The fourth-order valence-corrected chi connectivity index (χ4v) is 5.23. The van der Waals surface area contributed by atoms with Crippen LogP contribution in [0.1, 0.15) is 27.6 Å². The molecule has 1 aliphatic rings. The summed E-state index contributed by atoms with van der Waals surface area (Å²) in [7, 11) is 0. The molecule has 1 unspecified atom stereocenters. The van der Waals surface area contributed by atoms with Gasteiger partial charge < -0.3 is 10.1 Å². The first-order chi connectivity index (χ1) is 15.0. The second kappa shape index (κ2) is 7.25. The summed E-state index contributed by atoms with van der Waals surface area (Å²) in [5.41, 5.74) is 4.06. The number of aromatic nitrogens is 1. The summed E-state index contributed by atoms with van der Waals surface area (Å²) in [5.74, 6) is -1.48. The number of fused-ring (bicyclic) bond motifs is 1. The Morgan fingerprint density at radius 1 is 1.06 bits per heavy atom. The van der Waals surface area contributed by atoms with Crippen molar-refractivity contribution in [1.29, 1.82) is 0 Å². The molecule has 0 aliphatic carbocycles. The third-order valence-corrected chi connectivity index (χ3v) is 6.79. The minimum absolute atomic E-state index is 0.113. The number of aryl methyl sites for hydroxylation is 2. The number of thiophene rings is 1. The van der Waals surface area contributed by atoms with Crippen molar-refractivity contribution in [2.24, 2.45) is 0 Å². The summed E-state index contributed by atoms with van der Waals surface area (Å²) in [4.78, 5) is 32.0. The number of nitrogens with zero attached hydrogens (tertiary/aromatic N) is 1. The Hall–Kier alpha value is -3.64. The number of ketones is 1. The molecule has 31 heavy (non-hydrogen) atoms. The number of anilines is 1. The first-order valence-electron chi connectivity index (χ1n) is 9.95.